The molecule has 0 atom stereocenters. The maximum Gasteiger partial charge on any atom is 0.183 e. The zero-order valence-corrected chi connectivity index (χ0v) is 14.9. The van der Waals surface area contributed by atoms with E-state index < -0.39 is 0 Å². The van der Waals surface area contributed by atoms with Crippen LogP contribution in [0.5, 0.6) is 5.75 Å². The number of benzene rings is 1. The molecule has 0 fully saturated rings. The number of nitrogens with zero attached hydrogens (tertiary/aromatic N) is 1. The average Bonchev–Trinajstić information content (AvgIpc) is 2.79. The Hall–Kier alpha value is -2.23. The number of carbonyl (C=O) groups is 1. The van der Waals surface area contributed by atoms with E-state index >= 15 is 0 Å². The first kappa shape index (κ1) is 17.1. The standard InChI is InChI=1S/C19H26N2O2/c1-13-11-15(14(2)21(13)19(3,4)5)17(22)12-20-16-9-7-8-10-18(16)23-6/h7-11,20H,12H2,1-6H3. The van der Waals surface area contributed by atoms with E-state index in [1.54, 1.807) is 7.11 Å². The predicted molar refractivity (Wildman–Crippen MR) is 94.7 cm³/mol. The number of aromatic nitrogens is 1. The van der Waals surface area contributed by atoms with Crippen molar-refractivity contribution < 1.29 is 9.53 Å². The monoisotopic (exact) mass is 314 g/mol. The van der Waals surface area contributed by atoms with Crippen molar-refractivity contribution in [3.63, 3.8) is 0 Å². The lowest BCUT2D eigenvalue weighted by molar-refractivity contribution is 0.100. The Morgan fingerprint density at radius 3 is 2.43 bits per heavy atom. The lowest BCUT2D eigenvalue weighted by atomic mass is 10.1. The molecule has 0 bridgehead atoms. The van der Waals surface area contributed by atoms with Crippen LogP contribution >= 0.6 is 0 Å². The minimum atomic E-state index is -0.0389. The van der Waals surface area contributed by atoms with Crippen molar-refractivity contribution in [2.75, 3.05) is 19.0 Å². The summed E-state index contributed by atoms with van der Waals surface area (Å²) >= 11 is 0. The molecular weight excluding hydrogens is 288 g/mol. The van der Waals surface area contributed by atoms with Gasteiger partial charge in [-0.05, 0) is 52.8 Å². The quantitative estimate of drug-likeness (QED) is 0.843. The highest BCUT2D eigenvalue weighted by molar-refractivity contribution is 6.00. The molecule has 4 nitrogen and oxygen atoms in total. The molecule has 0 unspecified atom stereocenters. The van der Waals surface area contributed by atoms with E-state index in [-0.39, 0.29) is 17.9 Å². The zero-order valence-electron chi connectivity index (χ0n) is 14.9. The van der Waals surface area contributed by atoms with Crippen LogP contribution in [0.1, 0.15) is 42.5 Å². The number of hydrogen-bond acceptors (Lipinski definition) is 3. The van der Waals surface area contributed by atoms with Crippen LogP contribution in [-0.2, 0) is 5.54 Å². The van der Waals surface area contributed by atoms with Crippen molar-refractivity contribution in [2.24, 2.45) is 0 Å². The zero-order chi connectivity index (χ0) is 17.2. The molecule has 0 amide bonds. The maximum atomic E-state index is 12.6. The topological polar surface area (TPSA) is 43.3 Å². The Morgan fingerprint density at radius 1 is 1.22 bits per heavy atom. The Morgan fingerprint density at radius 2 is 1.87 bits per heavy atom. The Kier molecular flexibility index (Phi) is 4.83. The summed E-state index contributed by atoms with van der Waals surface area (Å²) in [6.07, 6.45) is 0. The molecule has 1 heterocycles. The highest BCUT2D eigenvalue weighted by Crippen LogP contribution is 2.26. The summed E-state index contributed by atoms with van der Waals surface area (Å²) in [5.74, 6) is 0.819. The van der Waals surface area contributed by atoms with E-state index in [2.05, 4.69) is 30.7 Å². The Balaban J connectivity index is 2.19. The van der Waals surface area contributed by atoms with Crippen molar-refractivity contribution in [1.82, 2.24) is 4.57 Å². The smallest absolute Gasteiger partial charge is 0.183 e. The molecule has 0 saturated carbocycles. The van der Waals surface area contributed by atoms with Gasteiger partial charge in [0.05, 0.1) is 19.3 Å². The average molecular weight is 314 g/mol. The Bertz CT molecular complexity index is 709. The molecule has 1 aromatic heterocycles. The molecule has 0 radical (unpaired) electrons. The fourth-order valence-corrected chi connectivity index (χ4v) is 3.14. The minimum absolute atomic E-state index is 0.0389. The van der Waals surface area contributed by atoms with Gasteiger partial charge < -0.3 is 14.6 Å². The van der Waals surface area contributed by atoms with Crippen LogP contribution in [0.15, 0.2) is 30.3 Å². The fourth-order valence-electron chi connectivity index (χ4n) is 3.14. The highest BCUT2D eigenvalue weighted by atomic mass is 16.5. The van der Waals surface area contributed by atoms with Gasteiger partial charge in [0.2, 0.25) is 0 Å². The molecule has 0 aliphatic heterocycles. The summed E-state index contributed by atoms with van der Waals surface area (Å²) in [5, 5.41) is 3.17. The number of rotatable bonds is 5. The van der Waals surface area contributed by atoms with Crippen LogP contribution in [0, 0.1) is 13.8 Å². The predicted octanol–water partition coefficient (Wildman–Crippen LogP) is 4.16. The van der Waals surface area contributed by atoms with E-state index in [1.165, 1.54) is 0 Å². The third-order valence-electron chi connectivity index (χ3n) is 3.95. The van der Waals surface area contributed by atoms with E-state index in [9.17, 15) is 4.79 Å². The number of aryl methyl sites for hydroxylation is 1. The number of carbonyl (C=O) groups excluding carboxylic acids is 1. The fraction of sp³-hybridized carbons (Fsp3) is 0.421. The summed E-state index contributed by atoms with van der Waals surface area (Å²) in [5.41, 5.74) is 3.69. The lowest BCUT2D eigenvalue weighted by Crippen LogP contribution is -2.24. The second-order valence-corrected chi connectivity index (χ2v) is 6.77. The molecule has 0 spiro atoms. The molecule has 23 heavy (non-hydrogen) atoms. The molecule has 124 valence electrons. The lowest BCUT2D eigenvalue weighted by Gasteiger charge is -2.25. The summed E-state index contributed by atoms with van der Waals surface area (Å²) in [7, 11) is 1.62. The first-order chi connectivity index (χ1) is 10.8. The van der Waals surface area contributed by atoms with Gasteiger partial charge in [0.1, 0.15) is 5.75 Å². The van der Waals surface area contributed by atoms with E-state index in [0.717, 1.165) is 28.4 Å². The second kappa shape index (κ2) is 6.49. The van der Waals surface area contributed by atoms with Crippen molar-refractivity contribution in [2.45, 2.75) is 40.2 Å². The van der Waals surface area contributed by atoms with Crippen LogP contribution in [0.4, 0.5) is 5.69 Å². The number of methoxy groups -OCH3 is 1. The van der Waals surface area contributed by atoms with Crippen molar-refractivity contribution in [3.05, 3.63) is 47.3 Å². The van der Waals surface area contributed by atoms with Crippen LogP contribution in [0.3, 0.4) is 0 Å². The van der Waals surface area contributed by atoms with Gasteiger partial charge in [-0.2, -0.15) is 0 Å². The SMILES string of the molecule is COc1ccccc1NCC(=O)c1cc(C)n(C(C)(C)C)c1C. The van der Waals surface area contributed by atoms with Crippen molar-refractivity contribution in [3.8, 4) is 5.75 Å². The Labute approximate surface area is 138 Å². The summed E-state index contributed by atoms with van der Waals surface area (Å²) in [6.45, 7) is 10.7. The first-order valence-corrected chi connectivity index (χ1v) is 7.85. The van der Waals surface area contributed by atoms with E-state index in [4.69, 9.17) is 4.74 Å². The number of Topliss-reactive ketones (excluding diaryl/α,β-unsaturated/α-hetero) is 1. The molecule has 2 aromatic rings. The number of para-hydroxylation sites is 2. The van der Waals surface area contributed by atoms with Gasteiger partial charge in [-0.15, -0.1) is 0 Å². The third-order valence-corrected chi connectivity index (χ3v) is 3.95. The third kappa shape index (κ3) is 3.58. The maximum absolute atomic E-state index is 12.6. The van der Waals surface area contributed by atoms with Gasteiger partial charge in [-0.1, -0.05) is 12.1 Å². The first-order valence-electron chi connectivity index (χ1n) is 7.85. The van der Waals surface area contributed by atoms with Crippen LogP contribution in [0.25, 0.3) is 0 Å². The molecule has 4 heteroatoms. The summed E-state index contributed by atoms with van der Waals surface area (Å²) in [6, 6.07) is 9.58. The summed E-state index contributed by atoms with van der Waals surface area (Å²) < 4.78 is 7.51. The largest absolute Gasteiger partial charge is 0.495 e. The van der Waals surface area contributed by atoms with E-state index in [0.29, 0.717) is 0 Å². The van der Waals surface area contributed by atoms with Gasteiger partial charge >= 0.3 is 0 Å². The molecular formula is C19H26N2O2. The summed E-state index contributed by atoms with van der Waals surface area (Å²) in [4.78, 5) is 12.6. The molecule has 1 aromatic carbocycles. The van der Waals surface area contributed by atoms with E-state index in [1.807, 2.05) is 44.2 Å². The van der Waals surface area contributed by atoms with Crippen molar-refractivity contribution in [1.29, 1.82) is 0 Å². The van der Waals surface area contributed by atoms with Gasteiger partial charge in [0, 0.05) is 22.5 Å². The molecule has 2 rings (SSSR count). The number of nitrogens with one attached hydrogen (secondary N) is 1. The van der Waals surface area contributed by atoms with Gasteiger partial charge in [0.15, 0.2) is 5.78 Å². The second-order valence-electron chi connectivity index (χ2n) is 6.77. The van der Waals surface area contributed by atoms with Crippen LogP contribution in [0.2, 0.25) is 0 Å². The molecule has 0 saturated heterocycles. The molecule has 0 aliphatic carbocycles. The normalized spacial score (nSPS) is 11.4. The van der Waals surface area contributed by atoms with Crippen molar-refractivity contribution >= 4 is 11.5 Å². The molecule has 1 N–H and O–H groups in total. The van der Waals surface area contributed by atoms with Gasteiger partial charge in [0.25, 0.3) is 0 Å². The number of anilines is 1. The number of ether oxygens (including phenoxy) is 1. The highest BCUT2D eigenvalue weighted by Gasteiger charge is 2.22. The molecule has 0 aliphatic rings. The van der Waals surface area contributed by atoms with Crippen LogP contribution in [-0.4, -0.2) is 24.0 Å². The van der Waals surface area contributed by atoms with Crippen LogP contribution < -0.4 is 10.1 Å². The minimum Gasteiger partial charge on any atom is -0.495 e. The van der Waals surface area contributed by atoms with Gasteiger partial charge in [-0.3, -0.25) is 4.79 Å². The number of ketones is 1. The van der Waals surface area contributed by atoms with Gasteiger partial charge in [-0.25, -0.2) is 0 Å². The number of hydrogen-bond donors (Lipinski definition) is 1.